The summed E-state index contributed by atoms with van der Waals surface area (Å²) in [6.45, 7) is 2.10. The molecule has 58 valence electrons. The fraction of sp³-hybridized carbons (Fsp3) is 0.333. The van der Waals surface area contributed by atoms with E-state index >= 15 is 0 Å². The van der Waals surface area contributed by atoms with Crippen molar-refractivity contribution < 1.29 is 0 Å². The average molecular weight is 148 g/mol. The highest BCUT2D eigenvalue weighted by Crippen LogP contribution is 2.04. The molecule has 1 aromatic heterocycles. The number of hydrogen-bond donors (Lipinski definition) is 1. The third kappa shape index (κ3) is 1.29. The first-order valence-electron chi connectivity index (χ1n) is 3.99. The quantitative estimate of drug-likeness (QED) is 0.584. The Morgan fingerprint density at radius 1 is 1.45 bits per heavy atom. The van der Waals surface area contributed by atoms with Gasteiger partial charge in [0.05, 0.1) is 0 Å². The van der Waals surface area contributed by atoms with Gasteiger partial charge in [-0.25, -0.2) is 0 Å². The summed E-state index contributed by atoms with van der Waals surface area (Å²) < 4.78 is 2.29. The predicted molar refractivity (Wildman–Crippen MR) is 45.3 cm³/mol. The fourth-order valence-electron chi connectivity index (χ4n) is 1.38. The summed E-state index contributed by atoms with van der Waals surface area (Å²) in [6, 6.07) is 4.28. The van der Waals surface area contributed by atoms with Crippen LogP contribution < -0.4 is 5.32 Å². The molecular formula is C9H12N2. The van der Waals surface area contributed by atoms with Gasteiger partial charge in [-0.3, -0.25) is 0 Å². The highest BCUT2D eigenvalue weighted by atomic mass is 15.0. The molecule has 2 nitrogen and oxygen atoms in total. The monoisotopic (exact) mass is 148 g/mol. The number of aromatic nitrogens is 1. The Kier molecular flexibility index (Phi) is 1.68. The molecule has 0 spiro atoms. The summed E-state index contributed by atoms with van der Waals surface area (Å²) in [6.07, 6.45) is 7.37. The van der Waals surface area contributed by atoms with E-state index in [1.54, 1.807) is 0 Å². The van der Waals surface area contributed by atoms with Crippen LogP contribution in [0.5, 0.6) is 0 Å². The third-order valence-corrected chi connectivity index (χ3v) is 1.98. The standard InChI is InChI=1S/C9H12N2/c1-3-9-4-2-7-11(9)8-6-10-5-1/h1-2,4-5,7,10H,3,6,8H2. The highest BCUT2D eigenvalue weighted by molar-refractivity contribution is 5.11. The van der Waals surface area contributed by atoms with E-state index in [4.69, 9.17) is 0 Å². The smallest absolute Gasteiger partial charge is 0.0395 e. The van der Waals surface area contributed by atoms with Gasteiger partial charge in [0.25, 0.3) is 0 Å². The van der Waals surface area contributed by atoms with E-state index in [1.165, 1.54) is 5.69 Å². The van der Waals surface area contributed by atoms with Crippen LogP contribution in [0.4, 0.5) is 0 Å². The van der Waals surface area contributed by atoms with E-state index < -0.39 is 0 Å². The maximum atomic E-state index is 3.22. The molecule has 0 saturated carbocycles. The van der Waals surface area contributed by atoms with Gasteiger partial charge >= 0.3 is 0 Å². The van der Waals surface area contributed by atoms with E-state index in [1.807, 2.05) is 6.20 Å². The molecule has 11 heavy (non-hydrogen) atoms. The molecule has 1 aliphatic rings. The van der Waals surface area contributed by atoms with Gasteiger partial charge in [-0.1, -0.05) is 6.08 Å². The number of rotatable bonds is 0. The second kappa shape index (κ2) is 2.82. The molecule has 0 amide bonds. The van der Waals surface area contributed by atoms with Crippen molar-refractivity contribution in [2.24, 2.45) is 0 Å². The van der Waals surface area contributed by atoms with Crippen molar-refractivity contribution in [3.05, 3.63) is 36.3 Å². The van der Waals surface area contributed by atoms with Crippen LogP contribution in [0.1, 0.15) is 5.69 Å². The van der Waals surface area contributed by atoms with Gasteiger partial charge in [0.15, 0.2) is 0 Å². The number of hydrogen-bond acceptors (Lipinski definition) is 1. The predicted octanol–water partition coefficient (Wildman–Crippen LogP) is 1.15. The molecule has 2 rings (SSSR count). The van der Waals surface area contributed by atoms with Crippen molar-refractivity contribution in [1.29, 1.82) is 0 Å². The van der Waals surface area contributed by atoms with E-state index in [2.05, 4.69) is 34.3 Å². The van der Waals surface area contributed by atoms with Crippen molar-refractivity contribution >= 4 is 0 Å². The maximum Gasteiger partial charge on any atom is 0.0395 e. The highest BCUT2D eigenvalue weighted by Gasteiger charge is 1.99. The van der Waals surface area contributed by atoms with Crippen LogP contribution in [0.25, 0.3) is 0 Å². The molecule has 1 N–H and O–H groups in total. The third-order valence-electron chi connectivity index (χ3n) is 1.98. The van der Waals surface area contributed by atoms with Gasteiger partial charge in [0.2, 0.25) is 0 Å². The van der Waals surface area contributed by atoms with Crippen LogP contribution in [0, 0.1) is 0 Å². The second-order valence-electron chi connectivity index (χ2n) is 2.75. The molecule has 0 aromatic carbocycles. The van der Waals surface area contributed by atoms with Crippen LogP contribution in [0.15, 0.2) is 30.6 Å². The summed E-state index contributed by atoms with van der Waals surface area (Å²) in [5.74, 6) is 0. The number of nitrogens with zero attached hydrogens (tertiary/aromatic N) is 1. The van der Waals surface area contributed by atoms with Crippen molar-refractivity contribution in [1.82, 2.24) is 9.88 Å². The Balaban J connectivity index is 2.27. The van der Waals surface area contributed by atoms with Crippen molar-refractivity contribution in [3.63, 3.8) is 0 Å². The Morgan fingerprint density at radius 3 is 3.45 bits per heavy atom. The van der Waals surface area contributed by atoms with E-state index in [9.17, 15) is 0 Å². The Labute approximate surface area is 66.5 Å². The van der Waals surface area contributed by atoms with Crippen LogP contribution in [-0.4, -0.2) is 11.1 Å². The lowest BCUT2D eigenvalue weighted by Crippen LogP contribution is -2.17. The molecule has 0 aliphatic carbocycles. The summed E-state index contributed by atoms with van der Waals surface area (Å²) in [5.41, 5.74) is 1.41. The zero-order valence-electron chi connectivity index (χ0n) is 6.46. The number of fused-ring (bicyclic) bond motifs is 1. The molecule has 0 unspecified atom stereocenters. The first kappa shape index (κ1) is 6.53. The molecule has 1 aromatic rings. The van der Waals surface area contributed by atoms with Crippen LogP contribution in [-0.2, 0) is 13.0 Å². The molecule has 0 atom stereocenters. The SMILES string of the molecule is C1=CNCCn2cccc2C1. The molecule has 2 heterocycles. The number of allylic oxidation sites excluding steroid dienone is 1. The van der Waals surface area contributed by atoms with Crippen LogP contribution >= 0.6 is 0 Å². The van der Waals surface area contributed by atoms with Crippen molar-refractivity contribution in [2.75, 3.05) is 6.54 Å². The van der Waals surface area contributed by atoms with Gasteiger partial charge in [-0.05, 0) is 18.3 Å². The van der Waals surface area contributed by atoms with Crippen molar-refractivity contribution in [2.45, 2.75) is 13.0 Å². The summed E-state index contributed by atoms with van der Waals surface area (Å²) in [5, 5.41) is 3.22. The van der Waals surface area contributed by atoms with Crippen molar-refractivity contribution in [3.8, 4) is 0 Å². The van der Waals surface area contributed by atoms with Gasteiger partial charge < -0.3 is 9.88 Å². The molecular weight excluding hydrogens is 136 g/mol. The Hall–Kier alpha value is -1.18. The zero-order valence-corrected chi connectivity index (χ0v) is 6.46. The lowest BCUT2D eigenvalue weighted by molar-refractivity contribution is 0.634. The topological polar surface area (TPSA) is 17.0 Å². The van der Waals surface area contributed by atoms with Gasteiger partial charge in [-0.2, -0.15) is 0 Å². The molecule has 2 heteroatoms. The molecule has 0 fully saturated rings. The zero-order chi connectivity index (χ0) is 7.52. The largest absolute Gasteiger partial charge is 0.389 e. The normalized spacial score (nSPS) is 16.4. The minimum atomic E-state index is 1.03. The fourth-order valence-corrected chi connectivity index (χ4v) is 1.38. The van der Waals surface area contributed by atoms with E-state index in [-0.39, 0.29) is 0 Å². The molecule has 0 radical (unpaired) electrons. The average Bonchev–Trinajstić information content (AvgIpc) is 2.35. The second-order valence-corrected chi connectivity index (χ2v) is 2.75. The Bertz CT molecular complexity index is 260. The maximum absolute atomic E-state index is 3.22. The van der Waals surface area contributed by atoms with Crippen LogP contribution in [0.2, 0.25) is 0 Å². The number of nitrogens with one attached hydrogen (secondary N) is 1. The lowest BCUT2D eigenvalue weighted by atomic mass is 10.3. The molecule has 0 bridgehead atoms. The molecule has 0 saturated heterocycles. The van der Waals surface area contributed by atoms with E-state index in [0.29, 0.717) is 0 Å². The first-order valence-corrected chi connectivity index (χ1v) is 3.99. The van der Waals surface area contributed by atoms with Gasteiger partial charge in [0, 0.05) is 31.4 Å². The first-order chi connectivity index (χ1) is 5.47. The summed E-state index contributed by atoms with van der Waals surface area (Å²) in [7, 11) is 0. The lowest BCUT2D eigenvalue weighted by Gasteiger charge is -2.10. The van der Waals surface area contributed by atoms with Crippen LogP contribution in [0.3, 0.4) is 0 Å². The van der Waals surface area contributed by atoms with E-state index in [0.717, 1.165) is 19.5 Å². The summed E-state index contributed by atoms with van der Waals surface area (Å²) >= 11 is 0. The Morgan fingerprint density at radius 2 is 2.45 bits per heavy atom. The minimum Gasteiger partial charge on any atom is -0.389 e. The molecule has 1 aliphatic heterocycles. The summed E-state index contributed by atoms with van der Waals surface area (Å²) in [4.78, 5) is 0. The van der Waals surface area contributed by atoms with Gasteiger partial charge in [-0.15, -0.1) is 0 Å². The van der Waals surface area contributed by atoms with Gasteiger partial charge in [0.1, 0.15) is 0 Å². The minimum absolute atomic E-state index is 1.03.